The first-order valence-electron chi connectivity index (χ1n) is 9.46. The molecule has 0 atom stereocenters. The lowest BCUT2D eigenvalue weighted by Gasteiger charge is -2.36. The fourth-order valence-corrected chi connectivity index (χ4v) is 4.01. The van der Waals surface area contributed by atoms with Gasteiger partial charge in [-0.3, -0.25) is 14.3 Å². The molecule has 1 saturated carbocycles. The fraction of sp³-hybridized carbons (Fsp3) is 0.722. The van der Waals surface area contributed by atoms with Crippen LogP contribution in [0.15, 0.2) is 18.5 Å². The lowest BCUT2D eigenvalue weighted by atomic mass is 9.87. The SMILES string of the molecule is Cl.O=C(CC1CCCC1)NCCNC(=O)C1(n2cccn2)CCNCC1. The van der Waals surface area contributed by atoms with Crippen molar-refractivity contribution in [1.29, 1.82) is 0 Å². The Morgan fingerprint density at radius 2 is 1.85 bits per heavy atom. The Labute approximate surface area is 161 Å². The fourth-order valence-electron chi connectivity index (χ4n) is 4.01. The summed E-state index contributed by atoms with van der Waals surface area (Å²) in [6, 6.07) is 1.85. The normalized spacial score (nSPS) is 19.5. The first-order chi connectivity index (χ1) is 12.2. The monoisotopic (exact) mass is 383 g/mol. The zero-order valence-corrected chi connectivity index (χ0v) is 16.0. The van der Waals surface area contributed by atoms with Gasteiger partial charge in [0, 0.05) is 31.9 Å². The number of hydrogen-bond acceptors (Lipinski definition) is 4. The average molecular weight is 384 g/mol. The highest BCUT2D eigenvalue weighted by Crippen LogP contribution is 2.28. The van der Waals surface area contributed by atoms with Crippen LogP contribution in [-0.4, -0.2) is 47.8 Å². The summed E-state index contributed by atoms with van der Waals surface area (Å²) < 4.78 is 1.78. The van der Waals surface area contributed by atoms with Crippen molar-refractivity contribution in [2.45, 2.75) is 50.5 Å². The summed E-state index contributed by atoms with van der Waals surface area (Å²) >= 11 is 0. The van der Waals surface area contributed by atoms with Gasteiger partial charge in [0.1, 0.15) is 5.54 Å². The molecule has 146 valence electrons. The van der Waals surface area contributed by atoms with Gasteiger partial charge in [0.2, 0.25) is 11.8 Å². The Kier molecular flexibility index (Phi) is 7.90. The lowest BCUT2D eigenvalue weighted by molar-refractivity contribution is -0.132. The molecule has 3 rings (SSSR count). The van der Waals surface area contributed by atoms with Crippen molar-refractivity contribution in [3.05, 3.63) is 18.5 Å². The number of nitrogens with zero attached hydrogens (tertiary/aromatic N) is 2. The van der Waals surface area contributed by atoms with E-state index in [1.54, 1.807) is 10.9 Å². The van der Waals surface area contributed by atoms with Crippen molar-refractivity contribution in [1.82, 2.24) is 25.7 Å². The van der Waals surface area contributed by atoms with E-state index in [1.165, 1.54) is 25.7 Å². The number of halogens is 1. The molecule has 26 heavy (non-hydrogen) atoms. The van der Waals surface area contributed by atoms with Gasteiger partial charge < -0.3 is 16.0 Å². The second-order valence-electron chi connectivity index (χ2n) is 7.19. The van der Waals surface area contributed by atoms with Crippen LogP contribution in [0.4, 0.5) is 0 Å². The first kappa shape index (κ1) is 20.7. The lowest BCUT2D eigenvalue weighted by Crippen LogP contribution is -2.55. The van der Waals surface area contributed by atoms with Gasteiger partial charge in [0.05, 0.1) is 0 Å². The Morgan fingerprint density at radius 1 is 1.15 bits per heavy atom. The molecule has 0 spiro atoms. The molecule has 8 heteroatoms. The molecular formula is C18H30ClN5O2. The van der Waals surface area contributed by atoms with Crippen LogP contribution < -0.4 is 16.0 Å². The maximum absolute atomic E-state index is 12.8. The molecule has 0 radical (unpaired) electrons. The van der Waals surface area contributed by atoms with Gasteiger partial charge in [0.25, 0.3) is 0 Å². The van der Waals surface area contributed by atoms with Gasteiger partial charge in [-0.05, 0) is 50.8 Å². The minimum absolute atomic E-state index is 0. The molecule has 2 aliphatic rings. The molecule has 2 heterocycles. The van der Waals surface area contributed by atoms with E-state index in [1.807, 2.05) is 12.3 Å². The number of piperidine rings is 1. The zero-order valence-electron chi connectivity index (χ0n) is 15.2. The summed E-state index contributed by atoms with van der Waals surface area (Å²) in [5.41, 5.74) is -0.622. The largest absolute Gasteiger partial charge is 0.354 e. The molecule has 1 aliphatic carbocycles. The number of aromatic nitrogens is 2. The van der Waals surface area contributed by atoms with Gasteiger partial charge in [-0.15, -0.1) is 12.4 Å². The Hall–Kier alpha value is -1.60. The highest BCUT2D eigenvalue weighted by Gasteiger charge is 2.41. The summed E-state index contributed by atoms with van der Waals surface area (Å²) in [5.74, 6) is 0.639. The minimum Gasteiger partial charge on any atom is -0.354 e. The van der Waals surface area contributed by atoms with Crippen LogP contribution in [0.1, 0.15) is 44.9 Å². The molecule has 2 fully saturated rings. The Bertz CT molecular complexity index is 566. The van der Waals surface area contributed by atoms with Crippen molar-refractivity contribution in [2.24, 2.45) is 5.92 Å². The average Bonchev–Trinajstić information content (AvgIpc) is 3.33. The topological polar surface area (TPSA) is 88.1 Å². The van der Waals surface area contributed by atoms with Gasteiger partial charge in [-0.1, -0.05) is 12.8 Å². The standard InChI is InChI=1S/C18H29N5O2.ClH/c24-16(14-15-4-1-2-5-15)20-11-12-21-17(25)18(6-9-19-10-7-18)23-13-3-8-22-23;/h3,8,13,15,19H,1-2,4-7,9-12,14H2,(H,20,24)(H,21,25);1H. The number of hydrogen-bond donors (Lipinski definition) is 3. The summed E-state index contributed by atoms with van der Waals surface area (Å²) in [5, 5.41) is 13.5. The number of carbonyl (C=O) groups is 2. The van der Waals surface area contributed by atoms with Crippen molar-refractivity contribution in [3.8, 4) is 0 Å². The third-order valence-corrected chi connectivity index (χ3v) is 5.48. The van der Waals surface area contributed by atoms with E-state index >= 15 is 0 Å². The van der Waals surface area contributed by atoms with Gasteiger partial charge in [-0.2, -0.15) is 5.10 Å². The zero-order chi connectivity index (χ0) is 17.5. The minimum atomic E-state index is -0.622. The third kappa shape index (κ3) is 4.98. The number of carbonyl (C=O) groups excluding carboxylic acids is 2. The predicted octanol–water partition coefficient (Wildman–Crippen LogP) is 1.20. The van der Waals surface area contributed by atoms with E-state index in [2.05, 4.69) is 21.0 Å². The highest BCUT2D eigenvalue weighted by atomic mass is 35.5. The summed E-state index contributed by atoms with van der Waals surface area (Å²) in [6.07, 6.45) is 10.5. The summed E-state index contributed by atoms with van der Waals surface area (Å²) in [4.78, 5) is 24.8. The predicted molar refractivity (Wildman–Crippen MR) is 102 cm³/mol. The van der Waals surface area contributed by atoms with Crippen LogP contribution in [0, 0.1) is 5.92 Å². The second kappa shape index (κ2) is 9.92. The van der Waals surface area contributed by atoms with Crippen LogP contribution in [0.25, 0.3) is 0 Å². The maximum atomic E-state index is 12.8. The molecule has 2 amide bonds. The van der Waals surface area contributed by atoms with Crippen LogP contribution in [0.2, 0.25) is 0 Å². The quantitative estimate of drug-likeness (QED) is 0.617. The van der Waals surface area contributed by atoms with E-state index in [0.29, 0.717) is 38.3 Å². The third-order valence-electron chi connectivity index (χ3n) is 5.48. The van der Waals surface area contributed by atoms with Crippen molar-refractivity contribution >= 4 is 24.2 Å². The maximum Gasteiger partial charge on any atom is 0.248 e. The van der Waals surface area contributed by atoms with Crippen molar-refractivity contribution < 1.29 is 9.59 Å². The molecule has 1 saturated heterocycles. The number of rotatable bonds is 7. The summed E-state index contributed by atoms with van der Waals surface area (Å²) in [6.45, 7) is 2.52. The van der Waals surface area contributed by atoms with E-state index < -0.39 is 5.54 Å². The second-order valence-corrected chi connectivity index (χ2v) is 7.19. The van der Waals surface area contributed by atoms with Crippen LogP contribution >= 0.6 is 12.4 Å². The smallest absolute Gasteiger partial charge is 0.248 e. The van der Waals surface area contributed by atoms with Crippen molar-refractivity contribution in [2.75, 3.05) is 26.2 Å². The van der Waals surface area contributed by atoms with Crippen LogP contribution in [0.3, 0.4) is 0 Å². The molecule has 0 bridgehead atoms. The molecule has 0 aromatic carbocycles. The van der Waals surface area contributed by atoms with Gasteiger partial charge >= 0.3 is 0 Å². The van der Waals surface area contributed by atoms with Gasteiger partial charge in [-0.25, -0.2) is 0 Å². The number of amides is 2. The van der Waals surface area contributed by atoms with E-state index in [-0.39, 0.29) is 24.2 Å². The first-order valence-corrected chi connectivity index (χ1v) is 9.46. The van der Waals surface area contributed by atoms with E-state index in [0.717, 1.165) is 13.1 Å². The van der Waals surface area contributed by atoms with Crippen LogP contribution in [0.5, 0.6) is 0 Å². The Morgan fingerprint density at radius 3 is 2.50 bits per heavy atom. The molecule has 3 N–H and O–H groups in total. The molecular weight excluding hydrogens is 354 g/mol. The number of nitrogens with one attached hydrogen (secondary N) is 3. The van der Waals surface area contributed by atoms with Crippen LogP contribution in [-0.2, 0) is 15.1 Å². The van der Waals surface area contributed by atoms with E-state index in [9.17, 15) is 9.59 Å². The van der Waals surface area contributed by atoms with Crippen molar-refractivity contribution in [3.63, 3.8) is 0 Å². The molecule has 1 aliphatic heterocycles. The van der Waals surface area contributed by atoms with E-state index in [4.69, 9.17) is 0 Å². The molecule has 0 unspecified atom stereocenters. The molecule has 1 aromatic heterocycles. The van der Waals surface area contributed by atoms with Gasteiger partial charge in [0.15, 0.2) is 0 Å². The molecule has 1 aromatic rings. The Balaban J connectivity index is 0.00000243. The highest BCUT2D eigenvalue weighted by molar-refractivity contribution is 5.85. The summed E-state index contributed by atoms with van der Waals surface area (Å²) in [7, 11) is 0. The molecule has 7 nitrogen and oxygen atoms in total.